The van der Waals surface area contributed by atoms with E-state index in [0.29, 0.717) is 17.0 Å². The van der Waals surface area contributed by atoms with Gasteiger partial charge in [-0.1, -0.05) is 30.3 Å². The molecular formula is C21H20N2O6. The van der Waals surface area contributed by atoms with E-state index in [0.717, 1.165) is 0 Å². The fraction of sp³-hybridized carbons (Fsp3) is 0.190. The number of ether oxygens (including phenoxy) is 4. The molecular weight excluding hydrogens is 376 g/mol. The van der Waals surface area contributed by atoms with Gasteiger partial charge in [0.2, 0.25) is 0 Å². The number of benzene rings is 2. The van der Waals surface area contributed by atoms with Gasteiger partial charge in [0.15, 0.2) is 12.5 Å². The number of hydrogen-bond acceptors (Lipinski definition) is 7. The van der Waals surface area contributed by atoms with Crippen molar-refractivity contribution >= 4 is 11.9 Å². The van der Waals surface area contributed by atoms with Gasteiger partial charge in [-0.15, -0.1) is 0 Å². The van der Waals surface area contributed by atoms with Gasteiger partial charge in [-0.25, -0.2) is 14.3 Å². The van der Waals surface area contributed by atoms with E-state index < -0.39 is 11.9 Å². The number of esters is 2. The van der Waals surface area contributed by atoms with Crippen molar-refractivity contribution in [3.05, 3.63) is 65.9 Å². The van der Waals surface area contributed by atoms with Crippen LogP contribution in [-0.4, -0.2) is 49.8 Å². The summed E-state index contributed by atoms with van der Waals surface area (Å²) in [6, 6.07) is 15.9. The molecule has 0 aliphatic carbocycles. The lowest BCUT2D eigenvalue weighted by Gasteiger charge is -2.07. The zero-order chi connectivity index (χ0) is 20.8. The van der Waals surface area contributed by atoms with Crippen molar-refractivity contribution in [3.8, 4) is 22.7 Å². The molecule has 0 saturated carbocycles. The molecule has 3 rings (SSSR count). The van der Waals surface area contributed by atoms with Crippen molar-refractivity contribution in [2.75, 3.05) is 28.1 Å². The molecule has 0 saturated heterocycles. The first-order valence-corrected chi connectivity index (χ1v) is 8.68. The molecule has 0 bridgehead atoms. The maximum Gasteiger partial charge on any atom is 0.357 e. The van der Waals surface area contributed by atoms with Crippen LogP contribution in [0.5, 0.6) is 5.75 Å². The minimum atomic E-state index is -0.709. The van der Waals surface area contributed by atoms with Crippen molar-refractivity contribution in [1.82, 2.24) is 9.78 Å². The summed E-state index contributed by atoms with van der Waals surface area (Å²) >= 11 is 0. The summed E-state index contributed by atoms with van der Waals surface area (Å²) in [5, 5.41) is 4.54. The summed E-state index contributed by atoms with van der Waals surface area (Å²) in [6.45, 7) is 0.0686. The zero-order valence-corrected chi connectivity index (χ0v) is 16.2. The minimum absolute atomic E-state index is 0.00657. The second-order valence-electron chi connectivity index (χ2n) is 5.88. The highest BCUT2D eigenvalue weighted by molar-refractivity contribution is 6.06. The number of aromatic nitrogens is 2. The monoisotopic (exact) mass is 396 g/mol. The zero-order valence-electron chi connectivity index (χ0n) is 16.2. The quantitative estimate of drug-likeness (QED) is 0.448. The van der Waals surface area contributed by atoms with Crippen LogP contribution < -0.4 is 4.74 Å². The smallest absolute Gasteiger partial charge is 0.357 e. The van der Waals surface area contributed by atoms with Gasteiger partial charge < -0.3 is 18.9 Å². The Kier molecular flexibility index (Phi) is 6.25. The Hall–Kier alpha value is -3.65. The summed E-state index contributed by atoms with van der Waals surface area (Å²) in [6.07, 6.45) is 0. The molecule has 0 spiro atoms. The molecule has 0 N–H and O–H groups in total. The van der Waals surface area contributed by atoms with Crippen LogP contribution in [0, 0.1) is 0 Å². The van der Waals surface area contributed by atoms with Crippen molar-refractivity contribution in [1.29, 1.82) is 0 Å². The number of carbonyl (C=O) groups is 2. The van der Waals surface area contributed by atoms with E-state index in [9.17, 15) is 9.59 Å². The number of para-hydroxylation sites is 1. The first-order chi connectivity index (χ1) is 14.1. The van der Waals surface area contributed by atoms with Crippen LogP contribution in [0.3, 0.4) is 0 Å². The minimum Gasteiger partial charge on any atom is -0.468 e. The molecule has 3 aromatic rings. The number of hydrogen-bond donors (Lipinski definition) is 0. The molecule has 150 valence electrons. The van der Waals surface area contributed by atoms with Crippen LogP contribution in [0.25, 0.3) is 16.9 Å². The number of methoxy groups -OCH3 is 3. The van der Waals surface area contributed by atoms with Crippen molar-refractivity contribution in [2.24, 2.45) is 0 Å². The third kappa shape index (κ3) is 4.12. The van der Waals surface area contributed by atoms with Gasteiger partial charge in [-0.2, -0.15) is 5.10 Å². The first kappa shape index (κ1) is 20.1. The van der Waals surface area contributed by atoms with Crippen molar-refractivity contribution in [2.45, 2.75) is 0 Å². The molecule has 1 heterocycles. The van der Waals surface area contributed by atoms with E-state index in [1.54, 1.807) is 48.5 Å². The Morgan fingerprint density at radius 3 is 2.31 bits per heavy atom. The molecule has 0 aliphatic rings. The molecule has 29 heavy (non-hydrogen) atoms. The highest BCUT2D eigenvalue weighted by Crippen LogP contribution is 2.31. The number of nitrogens with zero attached hydrogens (tertiary/aromatic N) is 2. The molecule has 0 aliphatic heterocycles. The lowest BCUT2D eigenvalue weighted by molar-refractivity contribution is 0.0511. The van der Waals surface area contributed by atoms with E-state index in [-0.39, 0.29) is 23.7 Å². The summed E-state index contributed by atoms with van der Waals surface area (Å²) in [5.41, 5.74) is 1.41. The summed E-state index contributed by atoms with van der Waals surface area (Å²) in [5.74, 6) is -0.889. The highest BCUT2D eigenvalue weighted by atomic mass is 16.7. The standard InChI is InChI=1S/C21H20N2O6/c1-26-13-29-16-11-7-8-14(12-16)18-17(20(24)27-2)19(21(25)28-3)23(22-18)15-9-5-4-6-10-15/h4-12H,13H2,1-3H3. The lowest BCUT2D eigenvalue weighted by Crippen LogP contribution is -2.15. The van der Waals surface area contributed by atoms with Crippen molar-refractivity contribution < 1.29 is 28.5 Å². The van der Waals surface area contributed by atoms with Crippen LogP contribution in [-0.2, 0) is 14.2 Å². The summed E-state index contributed by atoms with van der Waals surface area (Å²) in [4.78, 5) is 25.2. The summed E-state index contributed by atoms with van der Waals surface area (Å²) in [7, 11) is 4.00. The van der Waals surface area contributed by atoms with Crippen molar-refractivity contribution in [3.63, 3.8) is 0 Å². The molecule has 0 atom stereocenters. The van der Waals surface area contributed by atoms with Crippen LogP contribution in [0.1, 0.15) is 20.8 Å². The van der Waals surface area contributed by atoms with Gasteiger partial charge in [-0.05, 0) is 24.3 Å². The molecule has 8 heteroatoms. The second kappa shape index (κ2) is 9.03. The second-order valence-corrected chi connectivity index (χ2v) is 5.88. The van der Waals surface area contributed by atoms with E-state index >= 15 is 0 Å². The van der Waals surface area contributed by atoms with Gasteiger partial charge >= 0.3 is 11.9 Å². The Morgan fingerprint density at radius 2 is 1.66 bits per heavy atom. The molecule has 2 aromatic carbocycles. The predicted octanol–water partition coefficient (Wildman–Crippen LogP) is 3.10. The fourth-order valence-corrected chi connectivity index (χ4v) is 2.82. The van der Waals surface area contributed by atoms with Crippen LogP contribution in [0.15, 0.2) is 54.6 Å². The maximum atomic E-state index is 12.6. The Balaban J connectivity index is 2.25. The fourth-order valence-electron chi connectivity index (χ4n) is 2.82. The number of rotatable bonds is 7. The van der Waals surface area contributed by atoms with Gasteiger partial charge in [0, 0.05) is 12.7 Å². The maximum absolute atomic E-state index is 12.6. The largest absolute Gasteiger partial charge is 0.468 e. The Morgan fingerprint density at radius 1 is 0.931 bits per heavy atom. The Labute approximate surface area is 167 Å². The van der Waals surface area contributed by atoms with Gasteiger partial charge in [0.25, 0.3) is 0 Å². The van der Waals surface area contributed by atoms with Gasteiger partial charge in [-0.3, -0.25) is 0 Å². The molecule has 8 nitrogen and oxygen atoms in total. The van der Waals surface area contributed by atoms with E-state index in [1.165, 1.54) is 26.0 Å². The highest BCUT2D eigenvalue weighted by Gasteiger charge is 2.31. The number of carbonyl (C=O) groups excluding carboxylic acids is 2. The topological polar surface area (TPSA) is 88.9 Å². The first-order valence-electron chi connectivity index (χ1n) is 8.68. The van der Waals surface area contributed by atoms with E-state index in [1.807, 2.05) is 6.07 Å². The van der Waals surface area contributed by atoms with Gasteiger partial charge in [0.05, 0.1) is 19.9 Å². The summed E-state index contributed by atoms with van der Waals surface area (Å²) < 4.78 is 21.6. The van der Waals surface area contributed by atoms with Crippen LogP contribution in [0.4, 0.5) is 0 Å². The van der Waals surface area contributed by atoms with Gasteiger partial charge in [0.1, 0.15) is 17.0 Å². The average Bonchev–Trinajstić information content (AvgIpc) is 3.18. The van der Waals surface area contributed by atoms with Crippen LogP contribution >= 0.6 is 0 Å². The third-order valence-electron chi connectivity index (χ3n) is 4.11. The molecule has 0 radical (unpaired) electrons. The lowest BCUT2D eigenvalue weighted by atomic mass is 10.1. The molecule has 1 aromatic heterocycles. The van der Waals surface area contributed by atoms with E-state index in [4.69, 9.17) is 18.9 Å². The SMILES string of the molecule is COCOc1cccc(-c2nn(-c3ccccc3)c(C(=O)OC)c2C(=O)OC)c1. The normalized spacial score (nSPS) is 10.4. The molecule has 0 fully saturated rings. The molecule has 0 amide bonds. The molecule has 0 unspecified atom stereocenters. The average molecular weight is 396 g/mol. The van der Waals surface area contributed by atoms with Crippen LogP contribution in [0.2, 0.25) is 0 Å². The predicted molar refractivity (Wildman–Crippen MR) is 104 cm³/mol. The van der Waals surface area contributed by atoms with E-state index in [2.05, 4.69) is 5.10 Å². The Bertz CT molecular complexity index is 1010. The third-order valence-corrected chi connectivity index (χ3v) is 4.11.